The number of aliphatic hydroxyl groups is 1. The van der Waals surface area contributed by atoms with E-state index in [1.54, 1.807) is 0 Å². The topological polar surface area (TPSA) is 47.9 Å². The van der Waals surface area contributed by atoms with Gasteiger partial charge in [0.15, 0.2) is 5.96 Å². The molecule has 4 nitrogen and oxygen atoms in total. The first kappa shape index (κ1) is 18.8. The number of nitrogens with zero attached hydrogens (tertiary/aromatic N) is 2. The molecule has 0 amide bonds. The molecule has 0 atom stereocenters. The van der Waals surface area contributed by atoms with Gasteiger partial charge in [0.1, 0.15) is 0 Å². The van der Waals surface area contributed by atoms with E-state index in [2.05, 4.69) is 61.3 Å². The highest BCUT2D eigenvalue weighted by Crippen LogP contribution is 2.32. The Morgan fingerprint density at radius 2 is 1.79 bits per heavy atom. The van der Waals surface area contributed by atoms with Crippen LogP contribution in [0.3, 0.4) is 0 Å². The fourth-order valence-corrected chi connectivity index (χ4v) is 3.49. The summed E-state index contributed by atoms with van der Waals surface area (Å²) in [6, 6.07) is 10.8. The van der Waals surface area contributed by atoms with E-state index in [4.69, 9.17) is 4.99 Å². The van der Waals surface area contributed by atoms with Crippen molar-refractivity contribution in [2.45, 2.75) is 58.0 Å². The van der Waals surface area contributed by atoms with Crippen molar-refractivity contribution in [2.24, 2.45) is 4.99 Å². The second kappa shape index (κ2) is 9.07. The summed E-state index contributed by atoms with van der Waals surface area (Å²) in [4.78, 5) is 7.29. The van der Waals surface area contributed by atoms with E-state index < -0.39 is 0 Å². The van der Waals surface area contributed by atoms with E-state index in [1.165, 1.54) is 5.56 Å². The summed E-state index contributed by atoms with van der Waals surface area (Å²) in [5.74, 6) is 0.992. The van der Waals surface area contributed by atoms with Crippen molar-refractivity contribution in [3.05, 3.63) is 35.9 Å². The highest BCUT2D eigenvalue weighted by atomic mass is 16.3. The molecule has 0 aromatic heterocycles. The standard InChI is InChI=1S/C20H33N3O/c1-4-20(5-2,17-10-8-7-9-11-17)16-22-19(21-6-3)23-14-12-18(24)13-15-23/h7-11,18,24H,4-6,12-16H2,1-3H3,(H,21,22). The largest absolute Gasteiger partial charge is 0.393 e. The van der Waals surface area contributed by atoms with Gasteiger partial charge in [-0.05, 0) is 38.2 Å². The van der Waals surface area contributed by atoms with Crippen LogP contribution in [0, 0.1) is 0 Å². The van der Waals surface area contributed by atoms with Crippen molar-refractivity contribution in [2.75, 3.05) is 26.2 Å². The normalized spacial score (nSPS) is 17.2. The average Bonchev–Trinajstić information content (AvgIpc) is 2.63. The van der Waals surface area contributed by atoms with Crippen LogP contribution in [-0.4, -0.2) is 48.2 Å². The van der Waals surface area contributed by atoms with E-state index in [0.29, 0.717) is 0 Å². The van der Waals surface area contributed by atoms with Crippen molar-refractivity contribution >= 4 is 5.96 Å². The van der Waals surface area contributed by atoms with Gasteiger partial charge >= 0.3 is 0 Å². The van der Waals surface area contributed by atoms with Crippen LogP contribution < -0.4 is 5.32 Å². The van der Waals surface area contributed by atoms with Crippen LogP contribution in [0.2, 0.25) is 0 Å². The maximum absolute atomic E-state index is 9.74. The summed E-state index contributed by atoms with van der Waals surface area (Å²) < 4.78 is 0. The zero-order chi connectivity index (χ0) is 17.4. The number of piperidine rings is 1. The molecular weight excluding hydrogens is 298 g/mol. The molecule has 1 aromatic rings. The van der Waals surface area contributed by atoms with Crippen molar-refractivity contribution in [3.63, 3.8) is 0 Å². The fraction of sp³-hybridized carbons (Fsp3) is 0.650. The molecule has 134 valence electrons. The molecule has 2 N–H and O–H groups in total. The molecule has 1 fully saturated rings. The number of guanidine groups is 1. The number of hydrogen-bond acceptors (Lipinski definition) is 2. The van der Waals surface area contributed by atoms with Gasteiger partial charge in [0.25, 0.3) is 0 Å². The van der Waals surface area contributed by atoms with Crippen LogP contribution in [0.25, 0.3) is 0 Å². The number of likely N-dealkylation sites (tertiary alicyclic amines) is 1. The third kappa shape index (κ3) is 4.50. The predicted molar refractivity (Wildman–Crippen MR) is 101 cm³/mol. The molecule has 0 radical (unpaired) electrons. The van der Waals surface area contributed by atoms with E-state index in [-0.39, 0.29) is 11.5 Å². The monoisotopic (exact) mass is 331 g/mol. The van der Waals surface area contributed by atoms with E-state index in [9.17, 15) is 5.11 Å². The molecule has 0 aliphatic carbocycles. The number of aliphatic hydroxyl groups excluding tert-OH is 1. The molecule has 1 aromatic carbocycles. The van der Waals surface area contributed by atoms with Crippen molar-refractivity contribution in [1.82, 2.24) is 10.2 Å². The minimum absolute atomic E-state index is 0.0945. The maximum atomic E-state index is 9.74. The molecule has 0 bridgehead atoms. The second-order valence-corrected chi connectivity index (χ2v) is 6.74. The quantitative estimate of drug-likeness (QED) is 0.622. The Labute approximate surface area is 147 Å². The highest BCUT2D eigenvalue weighted by Gasteiger charge is 2.29. The van der Waals surface area contributed by atoms with Crippen LogP contribution in [0.15, 0.2) is 35.3 Å². The first-order chi connectivity index (χ1) is 11.6. The highest BCUT2D eigenvalue weighted by molar-refractivity contribution is 5.80. The Balaban J connectivity index is 2.18. The molecule has 1 aliphatic heterocycles. The number of hydrogen-bond donors (Lipinski definition) is 2. The summed E-state index contributed by atoms with van der Waals surface area (Å²) in [5.41, 5.74) is 1.47. The van der Waals surface area contributed by atoms with Crippen LogP contribution in [0.4, 0.5) is 0 Å². The van der Waals surface area contributed by atoms with E-state index in [0.717, 1.165) is 57.8 Å². The lowest BCUT2D eigenvalue weighted by Crippen LogP contribution is -2.47. The first-order valence-corrected chi connectivity index (χ1v) is 9.42. The van der Waals surface area contributed by atoms with Crippen LogP contribution >= 0.6 is 0 Å². The number of aliphatic imine (C=N–C) groups is 1. The van der Waals surface area contributed by atoms with Gasteiger partial charge in [-0.25, -0.2) is 0 Å². The Morgan fingerprint density at radius 1 is 1.17 bits per heavy atom. The molecule has 4 heteroatoms. The lowest BCUT2D eigenvalue weighted by Gasteiger charge is -2.34. The summed E-state index contributed by atoms with van der Waals surface area (Å²) in [5, 5.41) is 13.2. The van der Waals surface area contributed by atoms with Crippen LogP contribution in [0.5, 0.6) is 0 Å². The molecule has 24 heavy (non-hydrogen) atoms. The molecule has 0 spiro atoms. The molecule has 2 rings (SSSR count). The van der Waals surface area contributed by atoms with Gasteiger partial charge in [0.05, 0.1) is 12.6 Å². The summed E-state index contributed by atoms with van der Waals surface area (Å²) in [7, 11) is 0. The Bertz CT molecular complexity index is 503. The maximum Gasteiger partial charge on any atom is 0.193 e. The third-order valence-electron chi connectivity index (χ3n) is 5.37. The Kier molecular flexibility index (Phi) is 7.10. The number of nitrogens with one attached hydrogen (secondary N) is 1. The van der Waals surface area contributed by atoms with Gasteiger partial charge in [-0.15, -0.1) is 0 Å². The minimum Gasteiger partial charge on any atom is -0.393 e. The molecule has 0 unspecified atom stereocenters. The number of benzene rings is 1. The SMILES string of the molecule is CCNC(=NCC(CC)(CC)c1ccccc1)N1CCC(O)CC1. The van der Waals surface area contributed by atoms with Gasteiger partial charge in [-0.2, -0.15) is 0 Å². The molecule has 1 aliphatic rings. The number of rotatable bonds is 6. The molecule has 1 heterocycles. The van der Waals surface area contributed by atoms with Gasteiger partial charge in [0, 0.05) is 25.0 Å². The lowest BCUT2D eigenvalue weighted by molar-refractivity contribution is 0.108. The van der Waals surface area contributed by atoms with Crippen molar-refractivity contribution in [1.29, 1.82) is 0 Å². The van der Waals surface area contributed by atoms with Crippen LogP contribution in [-0.2, 0) is 5.41 Å². The zero-order valence-electron chi connectivity index (χ0n) is 15.5. The average molecular weight is 332 g/mol. The van der Waals surface area contributed by atoms with Gasteiger partial charge in [-0.1, -0.05) is 44.2 Å². The Hall–Kier alpha value is -1.55. The lowest BCUT2D eigenvalue weighted by atomic mass is 9.76. The first-order valence-electron chi connectivity index (χ1n) is 9.42. The molecule has 0 saturated carbocycles. The van der Waals surface area contributed by atoms with Gasteiger partial charge in [-0.3, -0.25) is 4.99 Å². The summed E-state index contributed by atoms with van der Waals surface area (Å²) in [6.45, 7) is 10.1. The van der Waals surface area contributed by atoms with E-state index in [1.807, 2.05) is 0 Å². The third-order valence-corrected chi connectivity index (χ3v) is 5.37. The van der Waals surface area contributed by atoms with E-state index >= 15 is 0 Å². The summed E-state index contributed by atoms with van der Waals surface area (Å²) >= 11 is 0. The second-order valence-electron chi connectivity index (χ2n) is 6.74. The Morgan fingerprint density at radius 3 is 2.33 bits per heavy atom. The van der Waals surface area contributed by atoms with Crippen molar-refractivity contribution < 1.29 is 5.11 Å². The molecular formula is C20H33N3O. The van der Waals surface area contributed by atoms with Crippen LogP contribution in [0.1, 0.15) is 52.0 Å². The zero-order valence-corrected chi connectivity index (χ0v) is 15.5. The predicted octanol–water partition coefficient (Wildman–Crippen LogP) is 3.17. The van der Waals surface area contributed by atoms with Gasteiger partial charge in [0.2, 0.25) is 0 Å². The minimum atomic E-state index is -0.154. The summed E-state index contributed by atoms with van der Waals surface area (Å²) in [6.07, 6.45) is 3.66. The fourth-order valence-electron chi connectivity index (χ4n) is 3.49. The van der Waals surface area contributed by atoms with Crippen molar-refractivity contribution in [3.8, 4) is 0 Å². The smallest absolute Gasteiger partial charge is 0.193 e. The molecule has 1 saturated heterocycles. The van der Waals surface area contributed by atoms with Gasteiger partial charge < -0.3 is 15.3 Å².